The average Bonchev–Trinajstić information content (AvgIpc) is 2.74. The first-order valence-corrected chi connectivity index (χ1v) is 6.83. The van der Waals surface area contributed by atoms with E-state index in [1.54, 1.807) is 0 Å². The number of aliphatic hydroxyl groups excluding tert-OH is 1. The third kappa shape index (κ3) is 3.80. The predicted molar refractivity (Wildman–Crippen MR) is 64.8 cm³/mol. The summed E-state index contributed by atoms with van der Waals surface area (Å²) in [5, 5.41) is 12.9. The minimum Gasteiger partial charge on any atom is -0.396 e. The molecule has 96 valence electrons. The molecule has 1 aliphatic rings. The van der Waals surface area contributed by atoms with Gasteiger partial charge in [-0.3, -0.25) is 0 Å². The maximum atomic E-state index is 8.76. The Morgan fingerprint density at radius 2 is 1.82 bits per heavy atom. The highest BCUT2D eigenvalue weighted by Gasteiger charge is 2.19. The molecular formula is C13H22N2O2. The zero-order chi connectivity index (χ0) is 11.9. The maximum Gasteiger partial charge on any atom is 0.226 e. The van der Waals surface area contributed by atoms with E-state index in [9.17, 15) is 0 Å². The summed E-state index contributed by atoms with van der Waals surface area (Å²) < 4.78 is 5.22. The van der Waals surface area contributed by atoms with E-state index < -0.39 is 0 Å². The minimum atomic E-state index is 0.182. The Labute approximate surface area is 102 Å². The molecule has 0 bridgehead atoms. The number of hydrogen-bond donors (Lipinski definition) is 1. The maximum absolute atomic E-state index is 8.76. The Morgan fingerprint density at radius 3 is 2.53 bits per heavy atom. The SMILES string of the molecule is OCCCc1nc(C2CCCCCCC2)no1. The first-order valence-electron chi connectivity index (χ1n) is 6.83. The average molecular weight is 238 g/mol. The lowest BCUT2D eigenvalue weighted by molar-refractivity contribution is 0.278. The zero-order valence-electron chi connectivity index (χ0n) is 10.4. The van der Waals surface area contributed by atoms with Crippen LogP contribution in [0.4, 0.5) is 0 Å². The molecule has 0 radical (unpaired) electrons. The van der Waals surface area contributed by atoms with Gasteiger partial charge in [-0.1, -0.05) is 37.3 Å². The first kappa shape index (κ1) is 12.6. The number of aliphatic hydroxyl groups is 1. The van der Waals surface area contributed by atoms with Gasteiger partial charge in [0.25, 0.3) is 0 Å². The van der Waals surface area contributed by atoms with E-state index >= 15 is 0 Å². The van der Waals surface area contributed by atoms with Crippen LogP contribution in [-0.2, 0) is 6.42 Å². The van der Waals surface area contributed by atoms with Crippen molar-refractivity contribution in [3.05, 3.63) is 11.7 Å². The number of rotatable bonds is 4. The van der Waals surface area contributed by atoms with E-state index in [2.05, 4.69) is 10.1 Å². The van der Waals surface area contributed by atoms with Gasteiger partial charge in [-0.05, 0) is 19.3 Å². The lowest BCUT2D eigenvalue weighted by atomic mass is 9.91. The summed E-state index contributed by atoms with van der Waals surface area (Å²) in [5.41, 5.74) is 0. The standard InChI is InChI=1S/C13H22N2O2/c16-10-6-9-12-14-13(15-17-12)11-7-4-2-1-3-5-8-11/h11,16H,1-10H2. The molecule has 4 nitrogen and oxygen atoms in total. The number of aromatic nitrogens is 2. The molecule has 0 amide bonds. The van der Waals surface area contributed by atoms with Gasteiger partial charge in [0.2, 0.25) is 5.89 Å². The fourth-order valence-electron chi connectivity index (χ4n) is 2.48. The van der Waals surface area contributed by atoms with E-state index in [-0.39, 0.29) is 6.61 Å². The second-order valence-electron chi connectivity index (χ2n) is 4.92. The molecule has 1 N–H and O–H groups in total. The van der Waals surface area contributed by atoms with E-state index in [1.165, 1.54) is 44.9 Å². The lowest BCUT2D eigenvalue weighted by Crippen LogP contribution is -2.04. The van der Waals surface area contributed by atoms with E-state index in [0.29, 0.717) is 24.7 Å². The third-order valence-corrected chi connectivity index (χ3v) is 3.50. The highest BCUT2D eigenvalue weighted by molar-refractivity contribution is 4.96. The van der Waals surface area contributed by atoms with Gasteiger partial charge < -0.3 is 9.63 Å². The second kappa shape index (κ2) is 6.74. The van der Waals surface area contributed by atoms with Gasteiger partial charge >= 0.3 is 0 Å². The quantitative estimate of drug-likeness (QED) is 0.876. The summed E-state index contributed by atoms with van der Waals surface area (Å²) in [6.45, 7) is 0.182. The summed E-state index contributed by atoms with van der Waals surface area (Å²) in [7, 11) is 0. The number of hydrogen-bond acceptors (Lipinski definition) is 4. The van der Waals surface area contributed by atoms with Crippen LogP contribution in [0.1, 0.15) is 69.0 Å². The smallest absolute Gasteiger partial charge is 0.226 e. The van der Waals surface area contributed by atoms with Gasteiger partial charge in [-0.2, -0.15) is 4.98 Å². The van der Waals surface area contributed by atoms with E-state index in [1.807, 2.05) is 0 Å². The largest absolute Gasteiger partial charge is 0.396 e. The fourth-order valence-corrected chi connectivity index (χ4v) is 2.48. The highest BCUT2D eigenvalue weighted by Crippen LogP contribution is 2.29. The van der Waals surface area contributed by atoms with Crippen LogP contribution in [0.25, 0.3) is 0 Å². The summed E-state index contributed by atoms with van der Waals surface area (Å²) in [4.78, 5) is 4.45. The molecule has 1 fully saturated rings. The monoisotopic (exact) mass is 238 g/mol. The normalized spacial score (nSPS) is 18.9. The van der Waals surface area contributed by atoms with Crippen molar-refractivity contribution in [1.82, 2.24) is 10.1 Å². The van der Waals surface area contributed by atoms with Gasteiger partial charge in [-0.15, -0.1) is 0 Å². The second-order valence-corrected chi connectivity index (χ2v) is 4.92. The van der Waals surface area contributed by atoms with Crippen LogP contribution >= 0.6 is 0 Å². The Bertz CT molecular complexity index is 317. The van der Waals surface area contributed by atoms with E-state index in [0.717, 1.165) is 5.82 Å². The molecule has 0 aromatic carbocycles. The van der Waals surface area contributed by atoms with Crippen molar-refractivity contribution in [1.29, 1.82) is 0 Å². The molecule has 0 saturated heterocycles. The van der Waals surface area contributed by atoms with E-state index in [4.69, 9.17) is 9.63 Å². The van der Waals surface area contributed by atoms with Crippen molar-refractivity contribution in [2.24, 2.45) is 0 Å². The molecule has 1 heterocycles. The number of nitrogens with zero attached hydrogens (tertiary/aromatic N) is 2. The Hall–Kier alpha value is -0.900. The molecule has 2 rings (SSSR count). The molecule has 1 aliphatic carbocycles. The molecule has 1 aromatic heterocycles. The Kier molecular flexibility index (Phi) is 4.98. The van der Waals surface area contributed by atoms with Gasteiger partial charge in [-0.25, -0.2) is 0 Å². The van der Waals surface area contributed by atoms with Gasteiger partial charge in [0, 0.05) is 18.9 Å². The Balaban J connectivity index is 1.92. The zero-order valence-corrected chi connectivity index (χ0v) is 10.4. The Morgan fingerprint density at radius 1 is 1.12 bits per heavy atom. The highest BCUT2D eigenvalue weighted by atomic mass is 16.5. The van der Waals surface area contributed by atoms with Crippen molar-refractivity contribution in [3.63, 3.8) is 0 Å². The van der Waals surface area contributed by atoms with Crippen molar-refractivity contribution in [3.8, 4) is 0 Å². The van der Waals surface area contributed by atoms with Crippen molar-refractivity contribution in [2.75, 3.05) is 6.61 Å². The predicted octanol–water partition coefficient (Wildman–Crippen LogP) is 2.82. The molecule has 0 spiro atoms. The molecule has 17 heavy (non-hydrogen) atoms. The summed E-state index contributed by atoms with van der Waals surface area (Å²) in [6, 6.07) is 0. The topological polar surface area (TPSA) is 59.2 Å². The molecular weight excluding hydrogens is 216 g/mol. The first-order chi connectivity index (χ1) is 8.40. The van der Waals surface area contributed by atoms with Gasteiger partial charge in [0.15, 0.2) is 5.82 Å². The lowest BCUT2D eigenvalue weighted by Gasteiger charge is -2.15. The molecule has 1 aromatic rings. The minimum absolute atomic E-state index is 0.182. The molecule has 0 aliphatic heterocycles. The van der Waals surface area contributed by atoms with Crippen molar-refractivity contribution < 1.29 is 9.63 Å². The fraction of sp³-hybridized carbons (Fsp3) is 0.846. The summed E-state index contributed by atoms with van der Waals surface area (Å²) in [6.07, 6.45) is 10.4. The van der Waals surface area contributed by atoms with Crippen LogP contribution in [0.15, 0.2) is 4.52 Å². The van der Waals surface area contributed by atoms with Crippen LogP contribution in [0.5, 0.6) is 0 Å². The molecule has 0 unspecified atom stereocenters. The molecule has 0 atom stereocenters. The van der Waals surface area contributed by atoms with Gasteiger partial charge in [0.1, 0.15) is 0 Å². The van der Waals surface area contributed by atoms with Crippen LogP contribution in [-0.4, -0.2) is 21.9 Å². The summed E-state index contributed by atoms with van der Waals surface area (Å²) in [5.74, 6) is 2.05. The van der Waals surface area contributed by atoms with Gasteiger partial charge in [0.05, 0.1) is 0 Å². The van der Waals surface area contributed by atoms with Crippen molar-refractivity contribution in [2.45, 2.75) is 63.7 Å². The van der Waals surface area contributed by atoms with Crippen molar-refractivity contribution >= 4 is 0 Å². The third-order valence-electron chi connectivity index (χ3n) is 3.50. The van der Waals surface area contributed by atoms with Crippen LogP contribution in [0, 0.1) is 0 Å². The molecule has 1 saturated carbocycles. The van der Waals surface area contributed by atoms with Crippen LogP contribution < -0.4 is 0 Å². The summed E-state index contributed by atoms with van der Waals surface area (Å²) >= 11 is 0. The van der Waals surface area contributed by atoms with Crippen LogP contribution in [0.2, 0.25) is 0 Å². The van der Waals surface area contributed by atoms with Crippen LogP contribution in [0.3, 0.4) is 0 Å². The molecule has 4 heteroatoms. The number of aryl methyl sites for hydroxylation is 1.